The van der Waals surface area contributed by atoms with Gasteiger partial charge in [-0.15, -0.1) is 0 Å². The summed E-state index contributed by atoms with van der Waals surface area (Å²) in [5, 5.41) is 0.580. The van der Waals surface area contributed by atoms with Gasteiger partial charge in [-0.05, 0) is 23.8 Å². The SMILES string of the molecule is Fc1ccc(C(Br)c2cc(Cl)cc3c2OCC3)c(F)c1. The molecule has 20 heavy (non-hydrogen) atoms. The van der Waals surface area contributed by atoms with Crippen molar-refractivity contribution in [1.29, 1.82) is 0 Å². The van der Waals surface area contributed by atoms with Crippen LogP contribution in [0.1, 0.15) is 21.5 Å². The van der Waals surface area contributed by atoms with Crippen LogP contribution in [0.15, 0.2) is 30.3 Å². The van der Waals surface area contributed by atoms with Crippen LogP contribution in [-0.2, 0) is 6.42 Å². The highest BCUT2D eigenvalue weighted by atomic mass is 79.9. The normalized spacial score (nSPS) is 14.8. The van der Waals surface area contributed by atoms with Gasteiger partial charge in [0.1, 0.15) is 17.4 Å². The topological polar surface area (TPSA) is 9.23 Å². The molecule has 1 unspecified atom stereocenters. The third-order valence-corrected chi connectivity index (χ3v) is 4.49. The fourth-order valence-electron chi connectivity index (χ4n) is 2.36. The van der Waals surface area contributed by atoms with E-state index >= 15 is 0 Å². The first-order valence-electron chi connectivity index (χ1n) is 6.10. The van der Waals surface area contributed by atoms with E-state index in [1.165, 1.54) is 12.1 Å². The highest BCUT2D eigenvalue weighted by Crippen LogP contribution is 2.43. The molecule has 2 aromatic carbocycles. The number of hydrogen-bond acceptors (Lipinski definition) is 1. The molecule has 0 N–H and O–H groups in total. The van der Waals surface area contributed by atoms with Gasteiger partial charge in [-0.3, -0.25) is 0 Å². The van der Waals surface area contributed by atoms with Crippen molar-refractivity contribution in [2.45, 2.75) is 11.2 Å². The number of halogens is 4. The van der Waals surface area contributed by atoms with Crippen molar-refractivity contribution >= 4 is 27.5 Å². The van der Waals surface area contributed by atoms with Crippen molar-refractivity contribution in [1.82, 2.24) is 0 Å². The minimum Gasteiger partial charge on any atom is -0.493 e. The summed E-state index contributed by atoms with van der Waals surface area (Å²) < 4.78 is 32.5. The Morgan fingerprint density at radius 2 is 1.95 bits per heavy atom. The molecule has 2 aromatic rings. The van der Waals surface area contributed by atoms with Crippen LogP contribution in [0.2, 0.25) is 5.02 Å². The molecule has 0 bridgehead atoms. The Balaban J connectivity index is 2.09. The molecule has 104 valence electrons. The Morgan fingerprint density at radius 1 is 1.15 bits per heavy atom. The Bertz CT molecular complexity index is 675. The lowest BCUT2D eigenvalue weighted by Gasteiger charge is -2.16. The summed E-state index contributed by atoms with van der Waals surface area (Å²) in [6.07, 6.45) is 0.786. The first kappa shape index (κ1) is 13.8. The molecule has 0 amide bonds. The fourth-order valence-corrected chi connectivity index (χ4v) is 3.32. The molecule has 0 spiro atoms. The second-order valence-corrected chi connectivity index (χ2v) is 5.96. The van der Waals surface area contributed by atoms with Crippen molar-refractivity contribution in [3.05, 3.63) is 63.7 Å². The van der Waals surface area contributed by atoms with Crippen molar-refractivity contribution in [3.63, 3.8) is 0 Å². The number of rotatable bonds is 2. The standard InChI is InChI=1S/C15H10BrClF2O/c16-14(11-2-1-10(18)7-13(11)19)12-6-9(17)5-8-3-4-20-15(8)12/h1-2,5-7,14H,3-4H2. The second kappa shape index (κ2) is 5.34. The van der Waals surface area contributed by atoms with E-state index in [0.717, 1.165) is 29.4 Å². The molecule has 0 saturated carbocycles. The maximum atomic E-state index is 13.9. The van der Waals surface area contributed by atoms with E-state index in [-0.39, 0.29) is 0 Å². The first-order chi connectivity index (χ1) is 9.56. The lowest BCUT2D eigenvalue weighted by Crippen LogP contribution is -2.00. The zero-order chi connectivity index (χ0) is 14.3. The van der Waals surface area contributed by atoms with Crippen molar-refractivity contribution < 1.29 is 13.5 Å². The Hall–Kier alpha value is -1.13. The van der Waals surface area contributed by atoms with Gasteiger partial charge in [-0.2, -0.15) is 0 Å². The van der Waals surface area contributed by atoms with Crippen LogP contribution in [0.3, 0.4) is 0 Å². The third-order valence-electron chi connectivity index (χ3n) is 3.29. The maximum Gasteiger partial charge on any atom is 0.130 e. The molecule has 0 saturated heterocycles. The van der Waals surface area contributed by atoms with Crippen LogP contribution in [0.4, 0.5) is 8.78 Å². The van der Waals surface area contributed by atoms with Crippen LogP contribution in [-0.4, -0.2) is 6.61 Å². The van der Waals surface area contributed by atoms with E-state index in [4.69, 9.17) is 16.3 Å². The van der Waals surface area contributed by atoms with Crippen molar-refractivity contribution in [3.8, 4) is 5.75 Å². The molecule has 1 atom stereocenters. The molecule has 1 aliphatic heterocycles. The van der Waals surface area contributed by atoms with Gasteiger partial charge in [-0.1, -0.05) is 33.6 Å². The highest BCUT2D eigenvalue weighted by molar-refractivity contribution is 9.09. The van der Waals surface area contributed by atoms with Gasteiger partial charge < -0.3 is 4.74 Å². The molecule has 5 heteroatoms. The Labute approximate surface area is 128 Å². The van der Waals surface area contributed by atoms with E-state index in [2.05, 4.69) is 15.9 Å². The van der Waals surface area contributed by atoms with Gasteiger partial charge in [0.05, 0.1) is 11.4 Å². The van der Waals surface area contributed by atoms with Gasteiger partial charge >= 0.3 is 0 Å². The fraction of sp³-hybridized carbons (Fsp3) is 0.200. The van der Waals surface area contributed by atoms with Gasteiger partial charge in [0, 0.05) is 28.6 Å². The highest BCUT2D eigenvalue weighted by Gasteiger charge is 2.24. The minimum atomic E-state index is -0.599. The van der Waals surface area contributed by atoms with Crippen LogP contribution < -0.4 is 4.74 Å². The zero-order valence-electron chi connectivity index (χ0n) is 10.3. The predicted octanol–water partition coefficient (Wildman–Crippen LogP) is 5.04. The number of fused-ring (bicyclic) bond motifs is 1. The summed E-state index contributed by atoms with van der Waals surface area (Å²) in [6, 6.07) is 7.13. The van der Waals surface area contributed by atoms with Crippen LogP contribution in [0.5, 0.6) is 5.75 Å². The maximum absolute atomic E-state index is 13.9. The Kier molecular flexibility index (Phi) is 3.69. The van der Waals surface area contributed by atoms with Crippen LogP contribution >= 0.6 is 27.5 Å². The van der Waals surface area contributed by atoms with E-state index in [1.807, 2.05) is 6.07 Å². The predicted molar refractivity (Wildman–Crippen MR) is 77.8 cm³/mol. The van der Waals surface area contributed by atoms with E-state index in [0.29, 0.717) is 17.2 Å². The van der Waals surface area contributed by atoms with Crippen molar-refractivity contribution in [2.75, 3.05) is 6.61 Å². The molecular weight excluding hydrogens is 350 g/mol. The summed E-state index contributed by atoms with van der Waals surface area (Å²) in [6.45, 7) is 0.592. The Morgan fingerprint density at radius 3 is 2.70 bits per heavy atom. The molecule has 1 aliphatic rings. The molecular formula is C15H10BrClF2O. The zero-order valence-corrected chi connectivity index (χ0v) is 12.6. The minimum absolute atomic E-state index is 0.353. The summed E-state index contributed by atoms with van der Waals surface area (Å²) in [4.78, 5) is -0.436. The molecule has 0 aromatic heterocycles. The second-order valence-electron chi connectivity index (χ2n) is 4.61. The van der Waals surface area contributed by atoms with E-state index in [1.54, 1.807) is 6.07 Å². The van der Waals surface area contributed by atoms with Gasteiger partial charge in [-0.25, -0.2) is 8.78 Å². The van der Waals surface area contributed by atoms with Gasteiger partial charge in [0.2, 0.25) is 0 Å². The molecule has 3 rings (SSSR count). The average Bonchev–Trinajstić information content (AvgIpc) is 2.85. The largest absolute Gasteiger partial charge is 0.493 e. The van der Waals surface area contributed by atoms with Crippen LogP contribution in [0, 0.1) is 11.6 Å². The van der Waals surface area contributed by atoms with Gasteiger partial charge in [0.15, 0.2) is 0 Å². The quantitative estimate of drug-likeness (QED) is 0.683. The summed E-state index contributed by atoms with van der Waals surface area (Å²) in [7, 11) is 0. The molecule has 0 radical (unpaired) electrons. The van der Waals surface area contributed by atoms with Crippen molar-refractivity contribution in [2.24, 2.45) is 0 Å². The monoisotopic (exact) mass is 358 g/mol. The summed E-state index contributed by atoms with van der Waals surface area (Å²) in [5.41, 5.74) is 2.13. The van der Waals surface area contributed by atoms with E-state index in [9.17, 15) is 8.78 Å². The third kappa shape index (κ3) is 2.42. The number of alkyl halides is 1. The molecule has 0 aliphatic carbocycles. The van der Waals surface area contributed by atoms with Gasteiger partial charge in [0.25, 0.3) is 0 Å². The molecule has 1 nitrogen and oxygen atoms in total. The lowest BCUT2D eigenvalue weighted by atomic mass is 10.0. The molecule has 1 heterocycles. The summed E-state index contributed by atoms with van der Waals surface area (Å²) in [5.74, 6) is -0.461. The smallest absolute Gasteiger partial charge is 0.130 e. The summed E-state index contributed by atoms with van der Waals surface area (Å²) >= 11 is 9.55. The number of hydrogen-bond donors (Lipinski definition) is 0. The molecule has 0 fully saturated rings. The first-order valence-corrected chi connectivity index (χ1v) is 7.40. The van der Waals surface area contributed by atoms with E-state index < -0.39 is 16.5 Å². The van der Waals surface area contributed by atoms with Crippen LogP contribution in [0.25, 0.3) is 0 Å². The average molecular weight is 360 g/mol. The number of ether oxygens (including phenoxy) is 1. The number of benzene rings is 2. The lowest BCUT2D eigenvalue weighted by molar-refractivity contribution is 0.354.